The highest BCUT2D eigenvalue weighted by molar-refractivity contribution is 5.96. The van der Waals surface area contributed by atoms with Crippen molar-refractivity contribution in [2.24, 2.45) is 22.9 Å². The summed E-state index contributed by atoms with van der Waals surface area (Å²) in [5.74, 6) is -5.99. The number of primary amides is 2. The van der Waals surface area contributed by atoms with E-state index in [1.807, 2.05) is 5.32 Å². The lowest BCUT2D eigenvalue weighted by atomic mass is 10.1. The number of carboxylic acid groups (broad SMARTS) is 1. The minimum atomic E-state index is -1.67. The lowest BCUT2D eigenvalue weighted by molar-refractivity contribution is -0.144. The van der Waals surface area contributed by atoms with Crippen LogP contribution < -0.4 is 38.9 Å². The molecule has 0 saturated heterocycles. The molecular weight excluding hydrogens is 414 g/mol. The Balaban J connectivity index is 5.05. The van der Waals surface area contributed by atoms with E-state index >= 15 is 0 Å². The fourth-order valence-corrected chi connectivity index (χ4v) is 2.41. The normalized spacial score (nSPS) is 14.4. The Morgan fingerprint density at radius 3 is 1.81 bits per heavy atom. The molecule has 12 N–H and O–H groups in total. The van der Waals surface area contributed by atoms with E-state index in [-0.39, 0.29) is 0 Å². The molecule has 0 rings (SSSR count). The second kappa shape index (κ2) is 13.9. The molecule has 5 amide bonds. The van der Waals surface area contributed by atoms with E-state index in [0.717, 1.165) is 0 Å². The Morgan fingerprint density at radius 1 is 0.806 bits per heavy atom. The minimum Gasteiger partial charge on any atom is -0.480 e. The molecule has 14 nitrogen and oxygen atoms in total. The van der Waals surface area contributed by atoms with Gasteiger partial charge in [-0.25, -0.2) is 4.79 Å². The number of rotatable bonds is 15. The van der Waals surface area contributed by atoms with Crippen LogP contribution in [0.25, 0.3) is 0 Å². The zero-order valence-electron chi connectivity index (χ0n) is 17.3. The van der Waals surface area contributed by atoms with Crippen LogP contribution >= 0.6 is 0 Å². The first-order chi connectivity index (χ1) is 14.4. The highest BCUT2D eigenvalue weighted by Gasteiger charge is 2.30. The largest absolute Gasteiger partial charge is 0.480 e. The zero-order chi connectivity index (χ0) is 24.1. The van der Waals surface area contributed by atoms with E-state index in [1.54, 1.807) is 0 Å². The van der Waals surface area contributed by atoms with E-state index in [0.29, 0.717) is 25.8 Å². The summed E-state index contributed by atoms with van der Waals surface area (Å²) in [6, 6.07) is -5.20. The van der Waals surface area contributed by atoms with Gasteiger partial charge in [0.2, 0.25) is 29.5 Å². The smallest absolute Gasteiger partial charge is 0.326 e. The van der Waals surface area contributed by atoms with Crippen molar-refractivity contribution in [2.45, 2.75) is 63.2 Å². The number of hydrogen-bond donors (Lipinski definition) is 8. The van der Waals surface area contributed by atoms with Gasteiger partial charge in [-0.15, -0.1) is 0 Å². The third-order valence-corrected chi connectivity index (χ3v) is 4.12. The van der Waals surface area contributed by atoms with Crippen molar-refractivity contribution in [3.8, 4) is 0 Å². The number of nitrogens with one attached hydrogen (secondary N) is 3. The van der Waals surface area contributed by atoms with Gasteiger partial charge in [0.05, 0.1) is 18.9 Å². The number of nitrogens with two attached hydrogens (primary N) is 4. The summed E-state index contributed by atoms with van der Waals surface area (Å²) in [5.41, 5.74) is 21.1. The summed E-state index contributed by atoms with van der Waals surface area (Å²) in [6.07, 6.45) is 0.323. The second-order valence-electron chi connectivity index (χ2n) is 6.92. The Kier molecular flexibility index (Phi) is 12.4. The van der Waals surface area contributed by atoms with Crippen molar-refractivity contribution in [3.05, 3.63) is 0 Å². The van der Waals surface area contributed by atoms with Crippen LogP contribution in [0.3, 0.4) is 0 Å². The number of carbonyl (C=O) groups is 6. The number of amides is 5. The Labute approximate surface area is 178 Å². The molecule has 4 unspecified atom stereocenters. The predicted octanol–water partition coefficient (Wildman–Crippen LogP) is -4.25. The van der Waals surface area contributed by atoms with Crippen LogP contribution in [0.1, 0.15) is 39.0 Å². The molecule has 0 heterocycles. The number of carbonyl (C=O) groups excluding carboxylic acids is 5. The Morgan fingerprint density at radius 2 is 1.32 bits per heavy atom. The van der Waals surface area contributed by atoms with Crippen LogP contribution in [0.2, 0.25) is 0 Å². The summed E-state index contributed by atoms with van der Waals surface area (Å²) in [4.78, 5) is 70.1. The van der Waals surface area contributed by atoms with Gasteiger partial charge in [-0.2, -0.15) is 0 Å². The Bertz CT molecular complexity index is 686. The summed E-state index contributed by atoms with van der Waals surface area (Å²) in [6.45, 7) is 1.78. The highest BCUT2D eigenvalue weighted by Crippen LogP contribution is 2.01. The standard InChI is InChI=1S/C17H31N7O7/c1-8(22-15(28)9(19)4-2-3-5-18)14(27)23-10(6-12(20)25)16(29)24-11(17(30)31)7-13(21)26/h8-11H,2-7,18-19H2,1H3,(H2,20,25)(H2,21,26)(H,22,28)(H,23,27)(H,24,29)(H,30,31). The molecule has 0 aliphatic heterocycles. The van der Waals surface area contributed by atoms with Gasteiger partial charge < -0.3 is 44.0 Å². The molecule has 0 aliphatic carbocycles. The van der Waals surface area contributed by atoms with Crippen molar-refractivity contribution < 1.29 is 33.9 Å². The first-order valence-electron chi connectivity index (χ1n) is 9.55. The Hall–Kier alpha value is -3.26. The van der Waals surface area contributed by atoms with E-state index in [4.69, 9.17) is 28.0 Å². The quantitative estimate of drug-likeness (QED) is 0.113. The monoisotopic (exact) mass is 445 g/mol. The van der Waals surface area contributed by atoms with Crippen LogP contribution in [-0.2, 0) is 28.8 Å². The molecular formula is C17H31N7O7. The molecule has 176 valence electrons. The van der Waals surface area contributed by atoms with Crippen molar-refractivity contribution in [1.29, 1.82) is 0 Å². The lowest BCUT2D eigenvalue weighted by Gasteiger charge is -2.22. The topological polar surface area (TPSA) is 263 Å². The van der Waals surface area contributed by atoms with Gasteiger partial charge in [-0.3, -0.25) is 24.0 Å². The average Bonchev–Trinajstić information content (AvgIpc) is 2.65. The van der Waals surface area contributed by atoms with Crippen LogP contribution in [0.15, 0.2) is 0 Å². The van der Waals surface area contributed by atoms with E-state index in [2.05, 4.69) is 10.6 Å². The number of hydrogen-bond acceptors (Lipinski definition) is 8. The van der Waals surface area contributed by atoms with Gasteiger partial charge in [0.1, 0.15) is 18.1 Å². The maximum absolute atomic E-state index is 12.3. The average molecular weight is 445 g/mol. The molecule has 31 heavy (non-hydrogen) atoms. The molecule has 0 aromatic heterocycles. The third kappa shape index (κ3) is 11.5. The third-order valence-electron chi connectivity index (χ3n) is 4.12. The van der Waals surface area contributed by atoms with Gasteiger partial charge in [-0.1, -0.05) is 6.42 Å². The minimum absolute atomic E-state index is 0.362. The zero-order valence-corrected chi connectivity index (χ0v) is 17.3. The first-order valence-corrected chi connectivity index (χ1v) is 9.55. The first kappa shape index (κ1) is 27.7. The van der Waals surface area contributed by atoms with Crippen LogP contribution in [-0.4, -0.2) is 71.3 Å². The van der Waals surface area contributed by atoms with Gasteiger partial charge in [0, 0.05) is 0 Å². The molecule has 0 saturated carbocycles. The number of aliphatic carboxylic acids is 1. The van der Waals surface area contributed by atoms with E-state index in [1.165, 1.54) is 6.92 Å². The van der Waals surface area contributed by atoms with Crippen LogP contribution in [0, 0.1) is 0 Å². The van der Waals surface area contributed by atoms with Gasteiger partial charge >= 0.3 is 5.97 Å². The maximum atomic E-state index is 12.3. The van der Waals surface area contributed by atoms with Gasteiger partial charge in [-0.05, 0) is 26.3 Å². The summed E-state index contributed by atoms with van der Waals surface area (Å²) < 4.78 is 0. The van der Waals surface area contributed by atoms with Crippen molar-refractivity contribution >= 4 is 35.5 Å². The fourth-order valence-electron chi connectivity index (χ4n) is 2.41. The summed E-state index contributed by atoms with van der Waals surface area (Å²) in [7, 11) is 0. The molecule has 4 atom stereocenters. The van der Waals surface area contributed by atoms with Crippen molar-refractivity contribution in [2.75, 3.05) is 6.54 Å². The molecule has 0 spiro atoms. The summed E-state index contributed by atoms with van der Waals surface area (Å²) >= 11 is 0. The van der Waals surface area contributed by atoms with E-state index in [9.17, 15) is 28.8 Å². The van der Waals surface area contributed by atoms with Crippen molar-refractivity contribution in [3.63, 3.8) is 0 Å². The second-order valence-corrected chi connectivity index (χ2v) is 6.92. The summed E-state index contributed by atoms with van der Waals surface area (Å²) in [5, 5.41) is 15.7. The number of carboxylic acids is 1. The SMILES string of the molecule is CC(NC(=O)C(N)CCCCN)C(=O)NC(CC(N)=O)C(=O)NC(CC(N)=O)C(=O)O. The van der Waals surface area contributed by atoms with Crippen molar-refractivity contribution in [1.82, 2.24) is 16.0 Å². The van der Waals surface area contributed by atoms with Crippen LogP contribution in [0.5, 0.6) is 0 Å². The van der Waals surface area contributed by atoms with Crippen LogP contribution in [0.4, 0.5) is 0 Å². The molecule has 0 fully saturated rings. The van der Waals surface area contributed by atoms with Gasteiger partial charge in [0.15, 0.2) is 0 Å². The molecule has 0 aromatic carbocycles. The predicted molar refractivity (Wildman–Crippen MR) is 108 cm³/mol. The molecule has 0 aliphatic rings. The molecule has 0 bridgehead atoms. The van der Waals surface area contributed by atoms with Gasteiger partial charge in [0.25, 0.3) is 0 Å². The fraction of sp³-hybridized carbons (Fsp3) is 0.647. The maximum Gasteiger partial charge on any atom is 0.326 e. The molecule has 0 aromatic rings. The molecule has 0 radical (unpaired) electrons. The van der Waals surface area contributed by atoms with E-state index < -0.39 is 72.5 Å². The molecule has 14 heteroatoms. The highest BCUT2D eigenvalue weighted by atomic mass is 16.4. The number of unbranched alkanes of at least 4 members (excludes halogenated alkanes) is 1. The lowest BCUT2D eigenvalue weighted by Crippen LogP contribution is -2.57.